The molecular weight excluding hydrogens is 409 g/mol. The number of carbonyl (C=O) groups excluding carboxylic acids is 1. The Kier molecular flexibility index (Phi) is 4.74. The number of anilines is 1. The molecule has 0 atom stereocenters. The Balaban J connectivity index is 1.65. The summed E-state index contributed by atoms with van der Waals surface area (Å²) in [4.78, 5) is 20.7. The molecule has 1 amide bonds. The van der Waals surface area contributed by atoms with Crippen LogP contribution in [-0.4, -0.2) is 15.9 Å². The van der Waals surface area contributed by atoms with E-state index in [0.717, 1.165) is 0 Å². The third-order valence-corrected chi connectivity index (χ3v) is 4.66. The first-order chi connectivity index (χ1) is 13.0. The lowest BCUT2D eigenvalue weighted by atomic mass is 10.2. The topological polar surface area (TPSA) is 68.0 Å². The van der Waals surface area contributed by atoms with Crippen molar-refractivity contribution < 1.29 is 9.21 Å². The lowest BCUT2D eigenvalue weighted by Gasteiger charge is -2.05. The average molecular weight is 419 g/mol. The van der Waals surface area contributed by atoms with Crippen molar-refractivity contribution in [3.05, 3.63) is 75.5 Å². The lowest BCUT2D eigenvalue weighted by molar-refractivity contribution is 0.102. The molecule has 0 radical (unpaired) electrons. The molecule has 0 saturated heterocycles. The second-order valence-corrected chi connectivity index (χ2v) is 6.82. The summed E-state index contributed by atoms with van der Waals surface area (Å²) in [5, 5.41) is 3.87. The van der Waals surface area contributed by atoms with Crippen molar-refractivity contribution in [3.8, 4) is 11.5 Å². The molecule has 8 heteroatoms. The van der Waals surface area contributed by atoms with Crippen LogP contribution in [0, 0.1) is 0 Å². The quantitative estimate of drug-likeness (QED) is 0.408. The molecule has 0 aliphatic rings. The second kappa shape index (κ2) is 7.19. The molecule has 27 heavy (non-hydrogen) atoms. The zero-order valence-corrected chi connectivity index (χ0v) is 15.8. The van der Waals surface area contributed by atoms with E-state index in [2.05, 4.69) is 15.3 Å². The van der Waals surface area contributed by atoms with Crippen molar-refractivity contribution in [3.63, 3.8) is 0 Å². The van der Waals surface area contributed by atoms with Gasteiger partial charge in [-0.05, 0) is 48.5 Å². The van der Waals surface area contributed by atoms with Crippen LogP contribution in [0.25, 0.3) is 22.6 Å². The van der Waals surface area contributed by atoms with Gasteiger partial charge < -0.3 is 9.73 Å². The fourth-order valence-electron chi connectivity index (χ4n) is 2.54. The van der Waals surface area contributed by atoms with Crippen molar-refractivity contribution in [1.82, 2.24) is 9.97 Å². The summed E-state index contributed by atoms with van der Waals surface area (Å²) < 4.78 is 5.76. The number of fused-ring (bicyclic) bond motifs is 1. The molecule has 0 spiro atoms. The zero-order chi connectivity index (χ0) is 19.0. The van der Waals surface area contributed by atoms with Gasteiger partial charge in [-0.15, -0.1) is 0 Å². The highest BCUT2D eigenvalue weighted by molar-refractivity contribution is 6.36. The Labute approximate surface area is 168 Å². The molecule has 4 rings (SSSR count). The number of pyridine rings is 1. The number of amides is 1. The Hall–Kier alpha value is -2.60. The number of nitrogens with zero attached hydrogens (tertiary/aromatic N) is 2. The van der Waals surface area contributed by atoms with Crippen LogP contribution in [0.15, 0.2) is 59.1 Å². The van der Waals surface area contributed by atoms with Gasteiger partial charge in [0.1, 0.15) is 10.7 Å². The minimum Gasteiger partial charge on any atom is -0.436 e. The lowest BCUT2D eigenvalue weighted by Crippen LogP contribution is -2.12. The van der Waals surface area contributed by atoms with E-state index in [1.54, 1.807) is 48.5 Å². The molecular formula is C19H10Cl3N3O2. The molecule has 0 aliphatic heterocycles. The summed E-state index contributed by atoms with van der Waals surface area (Å²) in [6.45, 7) is 0. The fourth-order valence-corrected chi connectivity index (χ4v) is 3.23. The maximum Gasteiger partial charge on any atom is 0.258 e. The van der Waals surface area contributed by atoms with Crippen molar-refractivity contribution in [2.45, 2.75) is 0 Å². The molecule has 2 aromatic heterocycles. The van der Waals surface area contributed by atoms with E-state index >= 15 is 0 Å². The van der Waals surface area contributed by atoms with Gasteiger partial charge in [-0.2, -0.15) is 0 Å². The van der Waals surface area contributed by atoms with Gasteiger partial charge in [0.05, 0.1) is 16.1 Å². The van der Waals surface area contributed by atoms with E-state index in [-0.39, 0.29) is 16.6 Å². The van der Waals surface area contributed by atoms with Crippen LogP contribution in [0.2, 0.25) is 15.2 Å². The van der Waals surface area contributed by atoms with Crippen LogP contribution >= 0.6 is 34.8 Å². The highest BCUT2D eigenvalue weighted by atomic mass is 35.5. The van der Waals surface area contributed by atoms with E-state index in [1.165, 1.54) is 6.20 Å². The number of nitrogens with one attached hydrogen (secondary N) is 1. The van der Waals surface area contributed by atoms with Crippen LogP contribution in [0.3, 0.4) is 0 Å². The fraction of sp³-hybridized carbons (Fsp3) is 0. The van der Waals surface area contributed by atoms with Crippen molar-refractivity contribution in [2.24, 2.45) is 0 Å². The molecule has 0 unspecified atom stereocenters. The smallest absolute Gasteiger partial charge is 0.258 e. The van der Waals surface area contributed by atoms with Crippen LogP contribution in [0.4, 0.5) is 5.69 Å². The molecule has 0 fully saturated rings. The Morgan fingerprint density at radius 1 is 1.04 bits per heavy atom. The van der Waals surface area contributed by atoms with Gasteiger partial charge in [-0.3, -0.25) is 4.79 Å². The standard InChI is InChI=1S/C19H10Cl3N3O2/c20-10-3-5-12(14(21)8-10)19-25-15-9-11(4-6-16(15)27-19)24-18(26)13-2-1-7-23-17(13)22/h1-9H,(H,24,26). The zero-order valence-electron chi connectivity index (χ0n) is 13.5. The largest absolute Gasteiger partial charge is 0.436 e. The normalized spacial score (nSPS) is 10.9. The van der Waals surface area contributed by atoms with Crippen molar-refractivity contribution >= 4 is 57.5 Å². The highest BCUT2D eigenvalue weighted by Gasteiger charge is 2.14. The third kappa shape index (κ3) is 3.62. The Morgan fingerprint density at radius 3 is 2.67 bits per heavy atom. The first kappa shape index (κ1) is 17.8. The number of aromatic nitrogens is 2. The molecule has 0 bridgehead atoms. The number of carbonyl (C=O) groups is 1. The number of benzene rings is 2. The predicted molar refractivity (Wildman–Crippen MR) is 107 cm³/mol. The Bertz CT molecular complexity index is 1170. The van der Waals surface area contributed by atoms with Gasteiger partial charge in [0.2, 0.25) is 5.89 Å². The minimum absolute atomic E-state index is 0.136. The van der Waals surface area contributed by atoms with E-state index < -0.39 is 0 Å². The van der Waals surface area contributed by atoms with Gasteiger partial charge in [0, 0.05) is 16.9 Å². The predicted octanol–water partition coefficient (Wildman–Crippen LogP) is 6.10. The first-order valence-corrected chi connectivity index (χ1v) is 8.92. The van der Waals surface area contributed by atoms with Gasteiger partial charge in [0.15, 0.2) is 5.58 Å². The molecule has 5 nitrogen and oxygen atoms in total. The maximum atomic E-state index is 12.4. The summed E-state index contributed by atoms with van der Waals surface area (Å²) in [5.74, 6) is 0.00219. The first-order valence-electron chi connectivity index (χ1n) is 7.79. The van der Waals surface area contributed by atoms with Gasteiger partial charge in [-0.25, -0.2) is 9.97 Å². The molecule has 2 aromatic carbocycles. The van der Waals surface area contributed by atoms with E-state index in [0.29, 0.717) is 38.3 Å². The molecule has 2 heterocycles. The summed E-state index contributed by atoms with van der Waals surface area (Å²) >= 11 is 18.1. The Morgan fingerprint density at radius 2 is 1.89 bits per heavy atom. The summed E-state index contributed by atoms with van der Waals surface area (Å²) in [5.41, 5.74) is 2.60. The van der Waals surface area contributed by atoms with Crippen LogP contribution in [-0.2, 0) is 0 Å². The number of hydrogen-bond acceptors (Lipinski definition) is 4. The average Bonchev–Trinajstić information content (AvgIpc) is 3.05. The maximum absolute atomic E-state index is 12.4. The van der Waals surface area contributed by atoms with Crippen LogP contribution in [0.1, 0.15) is 10.4 Å². The van der Waals surface area contributed by atoms with Crippen molar-refractivity contribution in [1.29, 1.82) is 0 Å². The monoisotopic (exact) mass is 417 g/mol. The van der Waals surface area contributed by atoms with Crippen LogP contribution in [0.5, 0.6) is 0 Å². The summed E-state index contributed by atoms with van der Waals surface area (Å²) in [7, 11) is 0. The molecule has 0 saturated carbocycles. The number of oxazole rings is 1. The van der Waals surface area contributed by atoms with E-state index in [4.69, 9.17) is 39.2 Å². The molecule has 134 valence electrons. The van der Waals surface area contributed by atoms with E-state index in [1.807, 2.05) is 0 Å². The molecule has 1 N–H and O–H groups in total. The summed E-state index contributed by atoms with van der Waals surface area (Å²) in [6, 6.07) is 13.4. The molecule has 4 aromatic rings. The SMILES string of the molecule is O=C(Nc1ccc2oc(-c3ccc(Cl)cc3Cl)nc2c1)c1cccnc1Cl. The van der Waals surface area contributed by atoms with Gasteiger partial charge >= 0.3 is 0 Å². The second-order valence-electron chi connectivity index (χ2n) is 5.62. The highest BCUT2D eigenvalue weighted by Crippen LogP contribution is 2.32. The van der Waals surface area contributed by atoms with Crippen molar-refractivity contribution in [2.75, 3.05) is 5.32 Å². The summed E-state index contributed by atoms with van der Waals surface area (Å²) in [6.07, 6.45) is 1.52. The third-order valence-electron chi connectivity index (χ3n) is 3.81. The van der Waals surface area contributed by atoms with Crippen LogP contribution < -0.4 is 5.32 Å². The van der Waals surface area contributed by atoms with Gasteiger partial charge in [0.25, 0.3) is 5.91 Å². The number of rotatable bonds is 3. The van der Waals surface area contributed by atoms with Gasteiger partial charge in [-0.1, -0.05) is 34.8 Å². The van der Waals surface area contributed by atoms with E-state index in [9.17, 15) is 4.79 Å². The minimum atomic E-state index is -0.364. The number of hydrogen-bond donors (Lipinski definition) is 1. The number of halogens is 3. The molecule has 0 aliphatic carbocycles.